The van der Waals surface area contributed by atoms with E-state index in [0.717, 1.165) is 33.4 Å². The van der Waals surface area contributed by atoms with Gasteiger partial charge in [-0.15, -0.1) is 0 Å². The van der Waals surface area contributed by atoms with Crippen molar-refractivity contribution in [1.29, 1.82) is 0 Å². The third kappa shape index (κ3) is 8.82. The molecule has 6 aromatic carbocycles. The van der Waals surface area contributed by atoms with E-state index in [4.69, 9.17) is 14.2 Å². The summed E-state index contributed by atoms with van der Waals surface area (Å²) in [6.07, 6.45) is 0.246. The van der Waals surface area contributed by atoms with Crippen LogP contribution in [0.3, 0.4) is 0 Å². The van der Waals surface area contributed by atoms with Crippen LogP contribution < -0.4 is 14.8 Å². The quantitative estimate of drug-likeness (QED) is 0.127. The van der Waals surface area contributed by atoms with E-state index in [1.807, 2.05) is 78.9 Å². The number of carbonyl (C=O) groups is 2. The minimum atomic E-state index is -0.897. The second-order valence-corrected chi connectivity index (χ2v) is 11.6. The average molecular weight is 648 g/mol. The Morgan fingerprint density at radius 2 is 1.00 bits per heavy atom. The van der Waals surface area contributed by atoms with Crippen LogP contribution >= 0.6 is 0 Å². The maximum atomic E-state index is 13.5. The molecule has 0 aromatic heterocycles. The second kappa shape index (κ2) is 16.1. The van der Waals surface area contributed by atoms with Crippen molar-refractivity contribution in [3.63, 3.8) is 0 Å². The molecule has 0 aliphatic heterocycles. The smallest absolute Gasteiger partial charge is 0.328 e. The van der Waals surface area contributed by atoms with Gasteiger partial charge in [-0.2, -0.15) is 0 Å². The van der Waals surface area contributed by atoms with Crippen LogP contribution in [0.5, 0.6) is 11.5 Å². The van der Waals surface area contributed by atoms with Crippen molar-refractivity contribution in [3.8, 4) is 33.8 Å². The second-order valence-electron chi connectivity index (χ2n) is 11.6. The number of carbonyl (C=O) groups excluding carboxylic acids is 2. The number of benzene rings is 6. The molecule has 1 unspecified atom stereocenters. The van der Waals surface area contributed by atoms with Gasteiger partial charge < -0.3 is 19.5 Å². The lowest BCUT2D eigenvalue weighted by molar-refractivity contribution is -0.142. The van der Waals surface area contributed by atoms with E-state index >= 15 is 0 Å². The predicted molar refractivity (Wildman–Crippen MR) is 192 cm³/mol. The number of rotatable bonds is 13. The van der Waals surface area contributed by atoms with E-state index in [1.54, 1.807) is 18.2 Å². The molecule has 0 heterocycles. The molecule has 1 atom stereocenters. The fourth-order valence-corrected chi connectivity index (χ4v) is 5.48. The minimum absolute atomic E-state index is 0.246. The number of esters is 1. The summed E-state index contributed by atoms with van der Waals surface area (Å²) in [4.78, 5) is 26.2. The van der Waals surface area contributed by atoms with Crippen LogP contribution in [0.25, 0.3) is 22.3 Å². The molecule has 0 radical (unpaired) electrons. The highest BCUT2D eigenvalue weighted by Gasteiger charge is 2.24. The van der Waals surface area contributed by atoms with Crippen molar-refractivity contribution in [2.45, 2.75) is 25.7 Å². The minimum Gasteiger partial charge on any atom is -0.489 e. The Bertz CT molecular complexity index is 1960. The molecule has 6 heteroatoms. The van der Waals surface area contributed by atoms with Gasteiger partial charge in [0.1, 0.15) is 30.8 Å². The van der Waals surface area contributed by atoms with E-state index in [2.05, 4.69) is 66.0 Å². The Morgan fingerprint density at radius 3 is 1.55 bits per heavy atom. The first-order valence-corrected chi connectivity index (χ1v) is 16.2. The molecule has 244 valence electrons. The first-order valence-electron chi connectivity index (χ1n) is 16.2. The normalized spacial score (nSPS) is 11.3. The van der Waals surface area contributed by atoms with E-state index in [-0.39, 0.29) is 13.0 Å². The number of hydrogen-bond acceptors (Lipinski definition) is 5. The Balaban J connectivity index is 1.04. The summed E-state index contributed by atoms with van der Waals surface area (Å²) >= 11 is 0. The van der Waals surface area contributed by atoms with Gasteiger partial charge in [0.2, 0.25) is 0 Å². The molecular formula is C43H37NO5. The Hall–Kier alpha value is -6.14. The van der Waals surface area contributed by atoms with Crippen LogP contribution in [0.15, 0.2) is 158 Å². The number of para-hydroxylation sites is 1. The lowest BCUT2D eigenvalue weighted by Gasteiger charge is -2.18. The SMILES string of the molecule is COC(=O)C(Cc1ccc(OCc2ccc(-c3ccccc3)cc2)cc1)NC(=O)c1ccccc1OCc1ccc(-c2ccccc2)cc1. The highest BCUT2D eigenvalue weighted by atomic mass is 16.5. The Kier molecular flexibility index (Phi) is 10.8. The van der Waals surface area contributed by atoms with Crippen molar-refractivity contribution in [1.82, 2.24) is 5.32 Å². The zero-order chi connectivity index (χ0) is 33.8. The van der Waals surface area contributed by atoms with Crippen molar-refractivity contribution in [3.05, 3.63) is 180 Å². The lowest BCUT2D eigenvalue weighted by Crippen LogP contribution is -2.43. The molecule has 6 aromatic rings. The molecule has 0 bridgehead atoms. The van der Waals surface area contributed by atoms with Gasteiger partial charge in [0.05, 0.1) is 12.7 Å². The fraction of sp³-hybridized carbons (Fsp3) is 0.116. The van der Waals surface area contributed by atoms with Crippen LogP contribution in [0.4, 0.5) is 0 Å². The topological polar surface area (TPSA) is 73.9 Å². The third-order valence-corrected chi connectivity index (χ3v) is 8.21. The molecule has 0 spiro atoms. The van der Waals surface area contributed by atoms with Crippen LogP contribution in [0.2, 0.25) is 0 Å². The maximum Gasteiger partial charge on any atom is 0.328 e. The van der Waals surface area contributed by atoms with Crippen molar-refractivity contribution in [2.75, 3.05) is 7.11 Å². The molecule has 1 N–H and O–H groups in total. The number of hydrogen-bond donors (Lipinski definition) is 1. The van der Waals surface area contributed by atoms with Gasteiger partial charge in [0.15, 0.2) is 0 Å². The van der Waals surface area contributed by atoms with E-state index < -0.39 is 17.9 Å². The van der Waals surface area contributed by atoms with Crippen molar-refractivity contribution < 1.29 is 23.8 Å². The van der Waals surface area contributed by atoms with Gasteiger partial charge in [0, 0.05) is 6.42 Å². The Labute approximate surface area is 286 Å². The first kappa shape index (κ1) is 32.8. The molecular weight excluding hydrogens is 610 g/mol. The molecule has 6 rings (SSSR count). The largest absolute Gasteiger partial charge is 0.489 e. The predicted octanol–water partition coefficient (Wildman–Crippen LogP) is 8.69. The highest BCUT2D eigenvalue weighted by Crippen LogP contribution is 2.24. The summed E-state index contributed by atoms with van der Waals surface area (Å²) in [6.45, 7) is 0.711. The van der Waals surface area contributed by atoms with Gasteiger partial charge in [0.25, 0.3) is 5.91 Å². The molecule has 0 fully saturated rings. The van der Waals surface area contributed by atoms with Gasteiger partial charge in [-0.25, -0.2) is 4.79 Å². The number of methoxy groups -OCH3 is 1. The zero-order valence-electron chi connectivity index (χ0n) is 27.3. The summed E-state index contributed by atoms with van der Waals surface area (Å²) in [5.41, 5.74) is 7.79. The highest BCUT2D eigenvalue weighted by molar-refractivity contribution is 5.99. The molecule has 0 aliphatic carbocycles. The number of nitrogens with one attached hydrogen (secondary N) is 1. The van der Waals surface area contributed by atoms with Gasteiger partial charge >= 0.3 is 5.97 Å². The fourth-order valence-electron chi connectivity index (χ4n) is 5.48. The van der Waals surface area contributed by atoms with Crippen molar-refractivity contribution >= 4 is 11.9 Å². The Morgan fingerprint density at radius 1 is 0.531 bits per heavy atom. The lowest BCUT2D eigenvalue weighted by atomic mass is 10.0. The molecule has 1 amide bonds. The standard InChI is InChI=1S/C43H37NO5/c1-47-43(46)40(28-31-20-26-38(27-21-31)48-29-32-16-22-36(23-17-32)34-10-4-2-5-11-34)44-42(45)39-14-8-9-15-41(39)49-30-33-18-24-37(25-19-33)35-12-6-3-7-13-35/h2-27,40H,28-30H2,1H3,(H,44,45). The van der Waals surface area contributed by atoms with Crippen LogP contribution in [-0.2, 0) is 29.2 Å². The van der Waals surface area contributed by atoms with Crippen molar-refractivity contribution in [2.24, 2.45) is 0 Å². The summed E-state index contributed by atoms with van der Waals surface area (Å²) in [7, 11) is 1.31. The van der Waals surface area contributed by atoms with E-state index in [9.17, 15) is 9.59 Å². The summed E-state index contributed by atoms with van der Waals surface area (Å²) in [5, 5.41) is 2.85. The summed E-state index contributed by atoms with van der Waals surface area (Å²) in [6, 6.07) is 50.4. The number of ether oxygens (including phenoxy) is 3. The maximum absolute atomic E-state index is 13.5. The zero-order valence-corrected chi connectivity index (χ0v) is 27.3. The summed E-state index contributed by atoms with van der Waals surface area (Å²) in [5.74, 6) is 0.162. The van der Waals surface area contributed by atoms with E-state index in [0.29, 0.717) is 23.7 Å². The molecule has 0 saturated heterocycles. The number of amides is 1. The third-order valence-electron chi connectivity index (χ3n) is 8.21. The molecule has 0 saturated carbocycles. The van der Waals surface area contributed by atoms with Gasteiger partial charge in [-0.3, -0.25) is 4.79 Å². The van der Waals surface area contributed by atoms with Gasteiger partial charge in [-0.05, 0) is 63.2 Å². The van der Waals surface area contributed by atoms with Crippen LogP contribution in [0.1, 0.15) is 27.0 Å². The van der Waals surface area contributed by atoms with Crippen LogP contribution in [0, 0.1) is 0 Å². The first-order chi connectivity index (χ1) is 24.1. The monoisotopic (exact) mass is 647 g/mol. The summed E-state index contributed by atoms with van der Waals surface area (Å²) < 4.78 is 17.1. The van der Waals surface area contributed by atoms with Crippen LogP contribution in [-0.4, -0.2) is 25.0 Å². The van der Waals surface area contributed by atoms with E-state index in [1.165, 1.54) is 12.7 Å². The molecule has 0 aliphatic rings. The molecule has 49 heavy (non-hydrogen) atoms. The average Bonchev–Trinajstić information content (AvgIpc) is 3.17. The molecule has 6 nitrogen and oxygen atoms in total. The van der Waals surface area contributed by atoms with Gasteiger partial charge in [-0.1, -0.05) is 133 Å².